The molecule has 112 valence electrons. The number of hydrogen-bond donors (Lipinski definition) is 0. The van der Waals surface area contributed by atoms with Crippen molar-refractivity contribution in [1.29, 1.82) is 0 Å². The number of rotatable bonds is 4. The van der Waals surface area contributed by atoms with E-state index in [0.717, 1.165) is 24.2 Å². The predicted molar refractivity (Wildman–Crippen MR) is 73.2 cm³/mol. The van der Waals surface area contributed by atoms with Crippen LogP contribution in [0.15, 0.2) is 18.2 Å². The summed E-state index contributed by atoms with van der Waals surface area (Å²) in [5.74, 6) is 0.0589. The van der Waals surface area contributed by atoms with E-state index in [-0.39, 0.29) is 11.9 Å². The van der Waals surface area contributed by atoms with Crippen molar-refractivity contribution in [3.05, 3.63) is 29.3 Å². The lowest BCUT2D eigenvalue weighted by atomic mass is 10.1. The third-order valence-corrected chi connectivity index (χ3v) is 3.84. The Labute approximate surface area is 121 Å². The highest BCUT2D eigenvalue weighted by molar-refractivity contribution is 6.17. The third kappa shape index (κ3) is 3.20. The summed E-state index contributed by atoms with van der Waals surface area (Å²) < 4.78 is 43.6. The Bertz CT molecular complexity index is 458. The molecule has 1 aliphatic heterocycles. The highest BCUT2D eigenvalue weighted by Gasteiger charge is 2.32. The molecule has 0 unspecified atom stereocenters. The lowest BCUT2D eigenvalue weighted by Crippen LogP contribution is -2.36. The van der Waals surface area contributed by atoms with Crippen molar-refractivity contribution in [2.45, 2.75) is 31.4 Å². The normalized spacial score (nSPS) is 19.4. The molecule has 2 nitrogen and oxygen atoms in total. The Hall–Kier alpha value is -0.940. The number of anilines is 1. The largest absolute Gasteiger partial charge is 0.416 e. The van der Waals surface area contributed by atoms with E-state index in [1.54, 1.807) is 0 Å². The summed E-state index contributed by atoms with van der Waals surface area (Å²) in [5, 5.41) is 0. The Morgan fingerprint density at radius 3 is 2.65 bits per heavy atom. The minimum atomic E-state index is -4.34. The van der Waals surface area contributed by atoms with Crippen LogP contribution in [0.1, 0.15) is 24.5 Å². The van der Waals surface area contributed by atoms with Crippen LogP contribution in [-0.4, -0.2) is 25.8 Å². The number of benzene rings is 1. The van der Waals surface area contributed by atoms with Crippen molar-refractivity contribution in [1.82, 2.24) is 0 Å². The maximum atomic E-state index is 12.7. The molecule has 0 spiro atoms. The third-order valence-electron chi connectivity index (χ3n) is 3.55. The van der Waals surface area contributed by atoms with Crippen LogP contribution < -0.4 is 4.90 Å². The van der Waals surface area contributed by atoms with E-state index in [1.165, 1.54) is 6.07 Å². The van der Waals surface area contributed by atoms with Gasteiger partial charge >= 0.3 is 6.18 Å². The number of halogens is 4. The van der Waals surface area contributed by atoms with E-state index < -0.39 is 11.7 Å². The first kappa shape index (κ1) is 15.4. The number of alkyl halides is 4. The van der Waals surface area contributed by atoms with Gasteiger partial charge in [0.05, 0.1) is 18.2 Å². The first-order valence-corrected chi connectivity index (χ1v) is 7.11. The molecule has 1 heterocycles. The molecule has 6 heteroatoms. The predicted octanol–water partition coefficient (Wildman–Crippen LogP) is 4.06. The number of ether oxygens (including phenoxy) is 1. The summed E-state index contributed by atoms with van der Waals surface area (Å²) in [6.07, 6.45) is -3.45. The SMILES string of the molecule is CCN(c1ccc(C(F)(F)F)cc1CCl)[C@@H]1CCOC1. The zero-order chi connectivity index (χ0) is 14.8. The lowest BCUT2D eigenvalue weighted by Gasteiger charge is -2.31. The smallest absolute Gasteiger partial charge is 0.379 e. The molecule has 0 aromatic heterocycles. The molecule has 0 amide bonds. The maximum Gasteiger partial charge on any atom is 0.416 e. The van der Waals surface area contributed by atoms with Crippen molar-refractivity contribution < 1.29 is 17.9 Å². The molecule has 0 saturated carbocycles. The van der Waals surface area contributed by atoms with Gasteiger partial charge in [-0.15, -0.1) is 11.6 Å². The number of nitrogens with zero attached hydrogens (tertiary/aromatic N) is 1. The van der Waals surface area contributed by atoms with Gasteiger partial charge in [-0.25, -0.2) is 0 Å². The number of hydrogen-bond acceptors (Lipinski definition) is 2. The zero-order valence-corrected chi connectivity index (χ0v) is 12.0. The van der Waals surface area contributed by atoms with Crippen LogP contribution in [0.4, 0.5) is 18.9 Å². The van der Waals surface area contributed by atoms with Crippen LogP contribution in [0.5, 0.6) is 0 Å². The Morgan fingerprint density at radius 2 is 2.15 bits per heavy atom. The van der Waals surface area contributed by atoms with Crippen LogP contribution in [0.25, 0.3) is 0 Å². The molecule has 1 aromatic rings. The van der Waals surface area contributed by atoms with Gasteiger partial charge < -0.3 is 9.64 Å². The Balaban J connectivity index is 2.34. The minimum Gasteiger partial charge on any atom is -0.379 e. The second kappa shape index (κ2) is 6.22. The maximum absolute atomic E-state index is 12.7. The minimum absolute atomic E-state index is 0.0589. The van der Waals surface area contributed by atoms with Crippen molar-refractivity contribution in [2.24, 2.45) is 0 Å². The van der Waals surface area contributed by atoms with Gasteiger partial charge in [-0.1, -0.05) is 0 Å². The topological polar surface area (TPSA) is 12.5 Å². The van der Waals surface area contributed by atoms with E-state index in [4.69, 9.17) is 16.3 Å². The van der Waals surface area contributed by atoms with Gasteiger partial charge in [0.1, 0.15) is 0 Å². The van der Waals surface area contributed by atoms with E-state index in [0.29, 0.717) is 25.3 Å². The Morgan fingerprint density at radius 1 is 1.40 bits per heavy atom. The van der Waals surface area contributed by atoms with Gasteiger partial charge in [-0.05, 0) is 37.1 Å². The molecule has 1 aliphatic rings. The van der Waals surface area contributed by atoms with Gasteiger partial charge in [0.15, 0.2) is 0 Å². The second-order valence-corrected chi connectivity index (χ2v) is 5.05. The van der Waals surface area contributed by atoms with E-state index in [1.807, 2.05) is 6.92 Å². The first-order valence-electron chi connectivity index (χ1n) is 6.57. The van der Waals surface area contributed by atoms with Gasteiger partial charge in [0.25, 0.3) is 0 Å². The van der Waals surface area contributed by atoms with Gasteiger partial charge in [-0.2, -0.15) is 13.2 Å². The molecule has 0 N–H and O–H groups in total. The zero-order valence-electron chi connectivity index (χ0n) is 11.2. The van der Waals surface area contributed by atoms with Crippen molar-refractivity contribution >= 4 is 17.3 Å². The molecule has 1 saturated heterocycles. The van der Waals surface area contributed by atoms with Gasteiger partial charge in [-0.3, -0.25) is 0 Å². The molecular weight excluding hydrogens is 291 g/mol. The van der Waals surface area contributed by atoms with Crippen molar-refractivity contribution in [3.63, 3.8) is 0 Å². The van der Waals surface area contributed by atoms with E-state index in [9.17, 15) is 13.2 Å². The lowest BCUT2D eigenvalue weighted by molar-refractivity contribution is -0.137. The highest BCUT2D eigenvalue weighted by atomic mass is 35.5. The van der Waals surface area contributed by atoms with Crippen LogP contribution in [-0.2, 0) is 16.8 Å². The second-order valence-electron chi connectivity index (χ2n) is 4.78. The van der Waals surface area contributed by atoms with E-state index in [2.05, 4.69) is 4.90 Å². The number of likely N-dealkylation sites (N-methyl/N-ethyl adjacent to an activating group) is 1. The average molecular weight is 308 g/mol. The van der Waals surface area contributed by atoms with Gasteiger partial charge in [0.2, 0.25) is 0 Å². The van der Waals surface area contributed by atoms with E-state index >= 15 is 0 Å². The molecule has 0 bridgehead atoms. The van der Waals surface area contributed by atoms with Crippen molar-refractivity contribution in [2.75, 3.05) is 24.7 Å². The highest BCUT2D eigenvalue weighted by Crippen LogP contribution is 2.34. The summed E-state index contributed by atoms with van der Waals surface area (Å²) in [5.41, 5.74) is 0.622. The average Bonchev–Trinajstić information content (AvgIpc) is 2.92. The fourth-order valence-electron chi connectivity index (χ4n) is 2.54. The molecule has 20 heavy (non-hydrogen) atoms. The fraction of sp³-hybridized carbons (Fsp3) is 0.571. The van der Waals surface area contributed by atoms with Crippen LogP contribution in [0.2, 0.25) is 0 Å². The molecule has 2 rings (SSSR count). The standard InChI is InChI=1S/C14H17ClF3NO/c1-2-19(12-5-6-20-9-12)13-4-3-11(14(16,17)18)7-10(13)8-15/h3-4,7,12H,2,5-6,8-9H2,1H3/t12-/m1/s1. The molecule has 0 aliphatic carbocycles. The van der Waals surface area contributed by atoms with Gasteiger partial charge in [0, 0.05) is 24.7 Å². The van der Waals surface area contributed by atoms with Crippen LogP contribution in [0, 0.1) is 0 Å². The summed E-state index contributed by atoms with van der Waals surface area (Å²) >= 11 is 5.84. The Kier molecular flexibility index (Phi) is 4.81. The van der Waals surface area contributed by atoms with Crippen LogP contribution >= 0.6 is 11.6 Å². The molecule has 0 radical (unpaired) electrons. The fourth-order valence-corrected chi connectivity index (χ4v) is 2.76. The molecule has 1 aromatic carbocycles. The monoisotopic (exact) mass is 307 g/mol. The summed E-state index contributed by atoms with van der Waals surface area (Å²) in [4.78, 5) is 2.07. The summed E-state index contributed by atoms with van der Waals surface area (Å²) in [6.45, 7) is 3.99. The summed E-state index contributed by atoms with van der Waals surface area (Å²) in [7, 11) is 0. The molecule has 1 atom stereocenters. The van der Waals surface area contributed by atoms with Crippen molar-refractivity contribution in [3.8, 4) is 0 Å². The summed E-state index contributed by atoms with van der Waals surface area (Å²) in [6, 6.07) is 3.98. The van der Waals surface area contributed by atoms with Crippen LogP contribution in [0.3, 0.4) is 0 Å². The quantitative estimate of drug-likeness (QED) is 0.778. The molecule has 1 fully saturated rings. The molecular formula is C14H17ClF3NO. The first-order chi connectivity index (χ1) is 9.47.